The van der Waals surface area contributed by atoms with Gasteiger partial charge in [0.25, 0.3) is 0 Å². The fourth-order valence-corrected chi connectivity index (χ4v) is 2.37. The Bertz CT molecular complexity index is 355. The van der Waals surface area contributed by atoms with E-state index in [1.807, 2.05) is 20.0 Å². The summed E-state index contributed by atoms with van der Waals surface area (Å²) in [6, 6.07) is 5.22. The van der Waals surface area contributed by atoms with Gasteiger partial charge < -0.3 is 5.73 Å². The summed E-state index contributed by atoms with van der Waals surface area (Å²) in [5.74, 6) is -0.178. The van der Waals surface area contributed by atoms with Crippen LogP contribution in [0, 0.1) is 12.7 Å². The maximum Gasteiger partial charge on any atom is 0.123 e. The average Bonchev–Trinajstić information content (AvgIpc) is 2.51. The first-order chi connectivity index (χ1) is 7.09. The van der Waals surface area contributed by atoms with Crippen LogP contribution in [0.2, 0.25) is 0 Å². The highest BCUT2D eigenvalue weighted by atomic mass is 19.1. The summed E-state index contributed by atoms with van der Waals surface area (Å²) in [5.41, 5.74) is 8.20. The van der Waals surface area contributed by atoms with Crippen LogP contribution >= 0.6 is 0 Å². The molecule has 2 nitrogen and oxygen atoms in total. The van der Waals surface area contributed by atoms with Gasteiger partial charge in [-0.1, -0.05) is 6.07 Å². The molecule has 1 aromatic carbocycles. The Morgan fingerprint density at radius 1 is 1.47 bits per heavy atom. The Morgan fingerprint density at radius 3 is 2.80 bits per heavy atom. The normalized spacial score (nSPS) is 27.2. The minimum absolute atomic E-state index is 0.121. The Hall–Kier alpha value is -0.930. The van der Waals surface area contributed by atoms with Crippen LogP contribution in [0.25, 0.3) is 0 Å². The summed E-state index contributed by atoms with van der Waals surface area (Å²) in [6.07, 6.45) is 0.983. The van der Waals surface area contributed by atoms with Crippen LogP contribution in [0.1, 0.15) is 23.6 Å². The first-order valence-electron chi connectivity index (χ1n) is 5.31. The van der Waals surface area contributed by atoms with Crippen molar-refractivity contribution in [2.45, 2.75) is 25.4 Å². The van der Waals surface area contributed by atoms with Crippen LogP contribution in [0.4, 0.5) is 4.39 Å². The van der Waals surface area contributed by atoms with Crippen LogP contribution < -0.4 is 5.73 Å². The highest BCUT2D eigenvalue weighted by molar-refractivity contribution is 5.31. The van der Waals surface area contributed by atoms with Crippen LogP contribution in [0.5, 0.6) is 0 Å². The molecule has 2 unspecified atom stereocenters. The third-order valence-electron chi connectivity index (χ3n) is 3.26. The Kier molecular flexibility index (Phi) is 2.76. The largest absolute Gasteiger partial charge is 0.326 e. The van der Waals surface area contributed by atoms with Gasteiger partial charge in [-0.15, -0.1) is 0 Å². The van der Waals surface area contributed by atoms with Crippen LogP contribution in [-0.4, -0.2) is 24.5 Å². The second-order valence-corrected chi connectivity index (χ2v) is 4.38. The highest BCUT2D eigenvalue weighted by Crippen LogP contribution is 2.31. The maximum absolute atomic E-state index is 13.2. The SMILES string of the molecule is Cc1ccc(F)cc1C1C(N)CCN1C. The summed E-state index contributed by atoms with van der Waals surface area (Å²) in [7, 11) is 2.04. The van der Waals surface area contributed by atoms with E-state index in [1.165, 1.54) is 6.07 Å². The molecule has 1 heterocycles. The van der Waals surface area contributed by atoms with E-state index in [0.717, 1.165) is 24.1 Å². The fourth-order valence-electron chi connectivity index (χ4n) is 2.37. The molecule has 0 aromatic heterocycles. The van der Waals surface area contributed by atoms with Crippen molar-refractivity contribution in [1.82, 2.24) is 4.90 Å². The molecule has 0 spiro atoms. The van der Waals surface area contributed by atoms with Gasteiger partial charge in [0.05, 0.1) is 0 Å². The molecule has 1 fully saturated rings. The molecule has 0 saturated carbocycles. The molecule has 2 N–H and O–H groups in total. The first kappa shape index (κ1) is 10.6. The Labute approximate surface area is 89.9 Å². The van der Waals surface area contributed by atoms with Gasteiger partial charge in [0, 0.05) is 18.6 Å². The lowest BCUT2D eigenvalue weighted by Gasteiger charge is -2.24. The van der Waals surface area contributed by atoms with Crippen molar-refractivity contribution in [3.63, 3.8) is 0 Å². The van der Waals surface area contributed by atoms with Crippen LogP contribution in [0.15, 0.2) is 18.2 Å². The third-order valence-corrected chi connectivity index (χ3v) is 3.26. The van der Waals surface area contributed by atoms with Gasteiger partial charge in [-0.25, -0.2) is 4.39 Å². The van der Waals surface area contributed by atoms with E-state index >= 15 is 0 Å². The van der Waals surface area contributed by atoms with E-state index in [-0.39, 0.29) is 17.9 Å². The lowest BCUT2D eigenvalue weighted by molar-refractivity contribution is 0.302. The molecule has 0 radical (unpaired) electrons. The molecule has 0 amide bonds. The molecule has 1 aliphatic heterocycles. The number of hydrogen-bond acceptors (Lipinski definition) is 2. The van der Waals surface area contributed by atoms with Crippen molar-refractivity contribution >= 4 is 0 Å². The monoisotopic (exact) mass is 208 g/mol. The van der Waals surface area contributed by atoms with E-state index in [1.54, 1.807) is 6.07 Å². The van der Waals surface area contributed by atoms with Crippen molar-refractivity contribution in [2.75, 3.05) is 13.6 Å². The topological polar surface area (TPSA) is 29.3 Å². The van der Waals surface area contributed by atoms with E-state index < -0.39 is 0 Å². The van der Waals surface area contributed by atoms with E-state index in [2.05, 4.69) is 4.90 Å². The molecule has 2 atom stereocenters. The lowest BCUT2D eigenvalue weighted by Crippen LogP contribution is -2.30. The average molecular weight is 208 g/mol. The van der Waals surface area contributed by atoms with Gasteiger partial charge in [0.15, 0.2) is 0 Å². The van der Waals surface area contributed by atoms with Crippen molar-refractivity contribution in [3.8, 4) is 0 Å². The predicted octanol–water partition coefficient (Wildman–Crippen LogP) is 1.84. The zero-order valence-corrected chi connectivity index (χ0v) is 9.20. The van der Waals surface area contributed by atoms with Gasteiger partial charge in [0.1, 0.15) is 5.82 Å². The number of aryl methyl sites for hydroxylation is 1. The second-order valence-electron chi connectivity index (χ2n) is 4.38. The summed E-state index contributed by atoms with van der Waals surface area (Å²) >= 11 is 0. The van der Waals surface area contributed by atoms with E-state index in [4.69, 9.17) is 5.73 Å². The first-order valence-corrected chi connectivity index (χ1v) is 5.31. The minimum atomic E-state index is -0.178. The maximum atomic E-state index is 13.2. The van der Waals surface area contributed by atoms with Gasteiger partial charge in [-0.3, -0.25) is 4.90 Å². The summed E-state index contributed by atoms with van der Waals surface area (Å²) in [5, 5.41) is 0. The molecule has 1 aliphatic rings. The van der Waals surface area contributed by atoms with Crippen molar-refractivity contribution in [3.05, 3.63) is 35.1 Å². The second kappa shape index (κ2) is 3.91. The van der Waals surface area contributed by atoms with Crippen LogP contribution in [0.3, 0.4) is 0 Å². The number of likely N-dealkylation sites (N-methyl/N-ethyl adjacent to an activating group) is 1. The molecular formula is C12H17FN2. The summed E-state index contributed by atoms with van der Waals surface area (Å²) in [6.45, 7) is 3.00. The van der Waals surface area contributed by atoms with Gasteiger partial charge in [-0.2, -0.15) is 0 Å². The van der Waals surface area contributed by atoms with E-state index in [9.17, 15) is 4.39 Å². The smallest absolute Gasteiger partial charge is 0.123 e. The minimum Gasteiger partial charge on any atom is -0.326 e. The van der Waals surface area contributed by atoms with Crippen molar-refractivity contribution in [1.29, 1.82) is 0 Å². The zero-order valence-electron chi connectivity index (χ0n) is 9.20. The van der Waals surface area contributed by atoms with Gasteiger partial charge in [-0.05, 0) is 43.7 Å². The molecule has 15 heavy (non-hydrogen) atoms. The molecule has 1 aromatic rings. The van der Waals surface area contributed by atoms with Crippen molar-refractivity contribution < 1.29 is 4.39 Å². The van der Waals surface area contributed by atoms with Crippen molar-refractivity contribution in [2.24, 2.45) is 5.73 Å². The number of benzene rings is 1. The highest BCUT2D eigenvalue weighted by Gasteiger charge is 2.31. The van der Waals surface area contributed by atoms with Gasteiger partial charge >= 0.3 is 0 Å². The number of nitrogens with zero attached hydrogens (tertiary/aromatic N) is 1. The fraction of sp³-hybridized carbons (Fsp3) is 0.500. The zero-order chi connectivity index (χ0) is 11.0. The molecule has 2 rings (SSSR count). The Balaban J connectivity index is 2.39. The number of nitrogens with two attached hydrogens (primary N) is 1. The lowest BCUT2D eigenvalue weighted by atomic mass is 9.96. The molecular weight excluding hydrogens is 191 g/mol. The number of hydrogen-bond donors (Lipinski definition) is 1. The van der Waals surface area contributed by atoms with Gasteiger partial charge in [0.2, 0.25) is 0 Å². The number of likely N-dealkylation sites (tertiary alicyclic amines) is 1. The molecule has 0 aliphatic carbocycles. The molecule has 82 valence electrons. The summed E-state index contributed by atoms with van der Waals surface area (Å²) < 4.78 is 13.2. The van der Waals surface area contributed by atoms with E-state index in [0.29, 0.717) is 0 Å². The molecule has 1 saturated heterocycles. The predicted molar refractivity (Wildman–Crippen MR) is 59.1 cm³/mol. The number of rotatable bonds is 1. The molecule has 3 heteroatoms. The standard InChI is InChI=1S/C12H17FN2/c1-8-3-4-9(13)7-10(8)12-11(14)5-6-15(12)2/h3-4,7,11-12H,5-6,14H2,1-2H3. The number of halogens is 1. The van der Waals surface area contributed by atoms with Crippen LogP contribution in [-0.2, 0) is 0 Å². The molecule has 0 bridgehead atoms. The third kappa shape index (κ3) is 1.90. The summed E-state index contributed by atoms with van der Waals surface area (Å²) in [4.78, 5) is 2.20. The quantitative estimate of drug-likeness (QED) is 0.763. The Morgan fingerprint density at radius 2 is 2.20 bits per heavy atom.